The molecule has 26 heavy (non-hydrogen) atoms. The molecule has 2 aromatic rings. The van der Waals surface area contributed by atoms with E-state index in [1.54, 1.807) is 11.3 Å². The summed E-state index contributed by atoms with van der Waals surface area (Å²) in [6.07, 6.45) is 3.65. The minimum absolute atomic E-state index is 0.531. The minimum atomic E-state index is 0.531. The fourth-order valence-corrected chi connectivity index (χ4v) is 4.24. The van der Waals surface area contributed by atoms with Crippen molar-refractivity contribution in [1.29, 1.82) is 0 Å². The maximum absolute atomic E-state index is 6.05. The average molecular weight is 371 g/mol. The maximum Gasteiger partial charge on any atom is 0.188 e. The van der Waals surface area contributed by atoms with Crippen molar-refractivity contribution in [2.24, 2.45) is 16.6 Å². The highest BCUT2D eigenvalue weighted by Gasteiger charge is 2.17. The van der Waals surface area contributed by atoms with E-state index >= 15 is 0 Å². The lowest BCUT2D eigenvalue weighted by molar-refractivity contribution is 0.176. The first-order valence-electron chi connectivity index (χ1n) is 9.56. The number of nitrogens with two attached hydrogens (primary N) is 1. The molecule has 1 fully saturated rings. The van der Waals surface area contributed by atoms with Crippen molar-refractivity contribution in [2.75, 3.05) is 19.6 Å². The van der Waals surface area contributed by atoms with Gasteiger partial charge in [-0.2, -0.15) is 0 Å². The second-order valence-electron chi connectivity index (χ2n) is 7.21. The Hall–Kier alpha value is -1.85. The Balaban J connectivity index is 1.52. The summed E-state index contributed by atoms with van der Waals surface area (Å²) in [5.41, 5.74) is 8.69. The molecule has 1 aromatic heterocycles. The molecule has 4 nitrogen and oxygen atoms in total. The number of piperidine rings is 1. The second kappa shape index (κ2) is 9.74. The number of nitrogens with zero attached hydrogens (tertiary/aromatic N) is 2. The highest BCUT2D eigenvalue weighted by Crippen LogP contribution is 2.20. The molecule has 0 bridgehead atoms. The Kier molecular flexibility index (Phi) is 7.09. The van der Waals surface area contributed by atoms with Gasteiger partial charge in [0.25, 0.3) is 0 Å². The lowest BCUT2D eigenvalue weighted by atomic mass is 9.99. The summed E-state index contributed by atoms with van der Waals surface area (Å²) >= 11 is 1.78. The summed E-state index contributed by atoms with van der Waals surface area (Å²) in [6, 6.07) is 12.8. The van der Waals surface area contributed by atoms with Gasteiger partial charge in [-0.25, -0.2) is 4.99 Å². The van der Waals surface area contributed by atoms with E-state index in [2.05, 4.69) is 63.9 Å². The van der Waals surface area contributed by atoms with E-state index in [1.807, 2.05) is 0 Å². The van der Waals surface area contributed by atoms with E-state index < -0.39 is 0 Å². The quantitative estimate of drug-likeness (QED) is 0.578. The van der Waals surface area contributed by atoms with Gasteiger partial charge in [-0.05, 0) is 54.3 Å². The summed E-state index contributed by atoms with van der Waals surface area (Å²) in [4.78, 5) is 8.49. The molecule has 0 saturated carbocycles. The number of nitrogens with one attached hydrogen (secondary N) is 1. The Morgan fingerprint density at radius 2 is 2.12 bits per heavy atom. The number of likely N-dealkylation sites (tertiary alicyclic amines) is 1. The van der Waals surface area contributed by atoms with Crippen molar-refractivity contribution in [3.05, 3.63) is 57.8 Å². The van der Waals surface area contributed by atoms with E-state index in [9.17, 15) is 0 Å². The number of guanidine groups is 1. The van der Waals surface area contributed by atoms with Gasteiger partial charge in [0, 0.05) is 24.5 Å². The van der Waals surface area contributed by atoms with Crippen LogP contribution in [0.1, 0.15) is 35.8 Å². The number of thiophene rings is 1. The van der Waals surface area contributed by atoms with Gasteiger partial charge in [-0.3, -0.25) is 4.90 Å². The molecule has 1 saturated heterocycles. The van der Waals surface area contributed by atoms with Crippen molar-refractivity contribution in [1.82, 2.24) is 10.2 Å². The zero-order valence-corrected chi connectivity index (χ0v) is 16.5. The zero-order valence-electron chi connectivity index (χ0n) is 15.7. The minimum Gasteiger partial charge on any atom is -0.370 e. The van der Waals surface area contributed by atoms with Gasteiger partial charge in [0.15, 0.2) is 5.96 Å². The molecular weight excluding hydrogens is 340 g/mol. The van der Waals surface area contributed by atoms with Crippen LogP contribution in [-0.2, 0) is 19.5 Å². The first-order valence-corrected chi connectivity index (χ1v) is 10.4. The predicted molar refractivity (Wildman–Crippen MR) is 111 cm³/mol. The highest BCUT2D eigenvalue weighted by atomic mass is 32.1. The SMILES string of the molecule is CC1CCCN(Cc2ccccc2CN=C(N)NCCc2cccs2)C1. The van der Waals surface area contributed by atoms with Crippen molar-refractivity contribution in [3.8, 4) is 0 Å². The van der Waals surface area contributed by atoms with Gasteiger partial charge in [-0.1, -0.05) is 37.3 Å². The topological polar surface area (TPSA) is 53.6 Å². The van der Waals surface area contributed by atoms with Crippen LogP contribution in [0.3, 0.4) is 0 Å². The first kappa shape index (κ1) is 18.9. The first-order chi connectivity index (χ1) is 12.7. The summed E-state index contributed by atoms with van der Waals surface area (Å²) in [6.45, 7) is 7.23. The van der Waals surface area contributed by atoms with Gasteiger partial charge in [0.05, 0.1) is 6.54 Å². The molecule has 1 aromatic carbocycles. The van der Waals surface area contributed by atoms with Crippen LogP contribution in [-0.4, -0.2) is 30.5 Å². The molecule has 1 aliphatic heterocycles. The van der Waals surface area contributed by atoms with Gasteiger partial charge in [0.2, 0.25) is 0 Å². The molecule has 0 amide bonds. The monoisotopic (exact) mass is 370 g/mol. The number of benzene rings is 1. The number of hydrogen-bond acceptors (Lipinski definition) is 3. The van der Waals surface area contributed by atoms with Gasteiger partial charge < -0.3 is 11.1 Å². The Bertz CT molecular complexity index is 696. The smallest absolute Gasteiger partial charge is 0.188 e. The molecule has 140 valence electrons. The molecule has 1 aliphatic rings. The molecule has 1 atom stereocenters. The van der Waals surface area contributed by atoms with E-state index in [1.165, 1.54) is 41.9 Å². The van der Waals surface area contributed by atoms with Crippen LogP contribution in [0.5, 0.6) is 0 Å². The number of rotatable bonds is 7. The third kappa shape index (κ3) is 5.85. The molecule has 3 rings (SSSR count). The van der Waals surface area contributed by atoms with Crippen LogP contribution in [0, 0.1) is 5.92 Å². The van der Waals surface area contributed by atoms with Crippen molar-refractivity contribution >= 4 is 17.3 Å². The molecule has 0 radical (unpaired) electrons. The molecule has 3 N–H and O–H groups in total. The fourth-order valence-electron chi connectivity index (χ4n) is 3.53. The Morgan fingerprint density at radius 3 is 2.88 bits per heavy atom. The molecule has 0 aliphatic carbocycles. The number of hydrogen-bond donors (Lipinski definition) is 2. The zero-order chi connectivity index (χ0) is 18.2. The van der Waals surface area contributed by atoms with E-state index in [0.717, 1.165) is 25.4 Å². The molecular formula is C21H30N4S. The maximum atomic E-state index is 6.05. The largest absolute Gasteiger partial charge is 0.370 e. The van der Waals surface area contributed by atoms with Crippen molar-refractivity contribution < 1.29 is 0 Å². The summed E-state index contributed by atoms with van der Waals surface area (Å²) in [5, 5.41) is 5.33. The van der Waals surface area contributed by atoms with Gasteiger partial charge in [0.1, 0.15) is 0 Å². The van der Waals surface area contributed by atoms with Crippen molar-refractivity contribution in [3.63, 3.8) is 0 Å². The van der Waals surface area contributed by atoms with Crippen LogP contribution < -0.4 is 11.1 Å². The average Bonchev–Trinajstić information content (AvgIpc) is 3.14. The van der Waals surface area contributed by atoms with Crippen LogP contribution in [0.2, 0.25) is 0 Å². The predicted octanol–water partition coefficient (Wildman–Crippen LogP) is 3.63. The van der Waals surface area contributed by atoms with Gasteiger partial charge >= 0.3 is 0 Å². The molecule has 2 heterocycles. The normalized spacial score (nSPS) is 18.8. The van der Waals surface area contributed by atoms with E-state index in [0.29, 0.717) is 12.5 Å². The van der Waals surface area contributed by atoms with Crippen LogP contribution in [0.25, 0.3) is 0 Å². The Morgan fingerprint density at radius 1 is 1.27 bits per heavy atom. The molecule has 5 heteroatoms. The lowest BCUT2D eigenvalue weighted by Gasteiger charge is -2.31. The van der Waals surface area contributed by atoms with Crippen molar-refractivity contribution in [2.45, 2.75) is 39.3 Å². The molecule has 0 spiro atoms. The third-order valence-corrected chi connectivity index (χ3v) is 5.87. The third-order valence-electron chi connectivity index (χ3n) is 4.93. The van der Waals surface area contributed by atoms with Crippen LogP contribution >= 0.6 is 11.3 Å². The summed E-state index contributed by atoms with van der Waals surface area (Å²) in [5.74, 6) is 1.33. The van der Waals surface area contributed by atoms with Crippen LogP contribution in [0.15, 0.2) is 46.8 Å². The van der Waals surface area contributed by atoms with E-state index in [-0.39, 0.29) is 0 Å². The van der Waals surface area contributed by atoms with Gasteiger partial charge in [-0.15, -0.1) is 11.3 Å². The fraction of sp³-hybridized carbons (Fsp3) is 0.476. The molecule has 1 unspecified atom stereocenters. The Labute approximate surface area is 161 Å². The lowest BCUT2D eigenvalue weighted by Crippen LogP contribution is -2.34. The standard InChI is InChI=1S/C21H30N4S/c1-17-6-4-12-25(15-17)16-19-8-3-2-7-18(19)14-24-21(22)23-11-10-20-9-5-13-26-20/h2-3,5,7-9,13,17H,4,6,10-12,14-16H2,1H3,(H3,22,23,24). The summed E-state index contributed by atoms with van der Waals surface area (Å²) in [7, 11) is 0. The highest BCUT2D eigenvalue weighted by molar-refractivity contribution is 7.09. The van der Waals surface area contributed by atoms with E-state index in [4.69, 9.17) is 5.73 Å². The number of aliphatic imine (C=N–C) groups is 1. The second-order valence-corrected chi connectivity index (χ2v) is 8.24. The van der Waals surface area contributed by atoms with Crippen LogP contribution in [0.4, 0.5) is 0 Å². The summed E-state index contributed by atoms with van der Waals surface area (Å²) < 4.78 is 0.